The summed E-state index contributed by atoms with van der Waals surface area (Å²) < 4.78 is 0. The molecule has 5 heteroatoms. The summed E-state index contributed by atoms with van der Waals surface area (Å²) >= 11 is 1.74. The molecule has 120 valence electrons. The van der Waals surface area contributed by atoms with E-state index in [4.69, 9.17) is 10.7 Å². The first-order valence-electron chi connectivity index (χ1n) is 7.77. The Balaban J connectivity index is 0.00000176. The van der Waals surface area contributed by atoms with Gasteiger partial charge in [0.15, 0.2) is 0 Å². The molecule has 1 aliphatic rings. The molecule has 2 N–H and O–H groups in total. The van der Waals surface area contributed by atoms with Crippen LogP contribution in [0.5, 0.6) is 0 Å². The Bertz CT molecular complexity index is 556. The van der Waals surface area contributed by atoms with Gasteiger partial charge in [0.1, 0.15) is 5.01 Å². The van der Waals surface area contributed by atoms with E-state index >= 15 is 0 Å². The lowest BCUT2D eigenvalue weighted by molar-refractivity contribution is 0.162. The molecule has 1 aromatic carbocycles. The molecule has 1 fully saturated rings. The quantitative estimate of drug-likeness (QED) is 0.902. The molecule has 0 radical (unpaired) electrons. The fourth-order valence-electron chi connectivity index (χ4n) is 3.09. The second-order valence-corrected chi connectivity index (χ2v) is 6.69. The van der Waals surface area contributed by atoms with Crippen LogP contribution in [0.3, 0.4) is 0 Å². The minimum absolute atomic E-state index is 0. The van der Waals surface area contributed by atoms with E-state index < -0.39 is 0 Å². The van der Waals surface area contributed by atoms with Crippen molar-refractivity contribution in [2.75, 3.05) is 19.6 Å². The van der Waals surface area contributed by atoms with Gasteiger partial charge in [-0.1, -0.05) is 30.3 Å². The van der Waals surface area contributed by atoms with Gasteiger partial charge in [-0.05, 0) is 38.3 Å². The molecule has 3 nitrogen and oxygen atoms in total. The maximum Gasteiger partial charge on any atom is 0.123 e. The molecule has 1 atom stereocenters. The Kier molecular flexibility index (Phi) is 6.83. The lowest BCUT2D eigenvalue weighted by atomic mass is 9.95. The second-order valence-electron chi connectivity index (χ2n) is 5.83. The average molecular weight is 338 g/mol. The standard InChI is InChI=1S/C17H23N3S.ClH/c18-9-8-14-5-4-10-20(11-14)12-16-13-21-17(19-16)15-6-2-1-3-7-15;/h1-3,6-7,13-14H,4-5,8-12,18H2;1H. The molecule has 0 saturated carbocycles. The highest BCUT2D eigenvalue weighted by Gasteiger charge is 2.20. The Morgan fingerprint density at radius 1 is 1.27 bits per heavy atom. The molecule has 3 rings (SSSR count). The van der Waals surface area contributed by atoms with Crippen molar-refractivity contribution in [2.45, 2.75) is 25.8 Å². The molecule has 2 aromatic rings. The van der Waals surface area contributed by atoms with Gasteiger partial charge in [0, 0.05) is 24.0 Å². The number of halogens is 1. The number of thiazole rings is 1. The Labute approximate surface area is 143 Å². The van der Waals surface area contributed by atoms with E-state index in [0.29, 0.717) is 0 Å². The minimum Gasteiger partial charge on any atom is -0.330 e. The zero-order valence-corrected chi connectivity index (χ0v) is 14.4. The summed E-state index contributed by atoms with van der Waals surface area (Å²) in [5.74, 6) is 0.774. The van der Waals surface area contributed by atoms with Gasteiger partial charge < -0.3 is 5.73 Å². The zero-order chi connectivity index (χ0) is 14.5. The van der Waals surface area contributed by atoms with E-state index in [0.717, 1.165) is 30.4 Å². The summed E-state index contributed by atoms with van der Waals surface area (Å²) in [6.45, 7) is 4.16. The van der Waals surface area contributed by atoms with Crippen LogP contribution in [0.15, 0.2) is 35.7 Å². The highest BCUT2D eigenvalue weighted by Crippen LogP contribution is 2.25. The number of hydrogen-bond acceptors (Lipinski definition) is 4. The second kappa shape index (κ2) is 8.63. The zero-order valence-electron chi connectivity index (χ0n) is 12.8. The number of likely N-dealkylation sites (tertiary alicyclic amines) is 1. The molecule has 22 heavy (non-hydrogen) atoms. The number of nitrogens with zero attached hydrogens (tertiary/aromatic N) is 2. The Hall–Kier alpha value is -0.940. The molecule has 0 spiro atoms. The first kappa shape index (κ1) is 17.4. The Morgan fingerprint density at radius 2 is 2.09 bits per heavy atom. The maximum absolute atomic E-state index is 5.70. The van der Waals surface area contributed by atoms with Gasteiger partial charge >= 0.3 is 0 Å². The van der Waals surface area contributed by atoms with Crippen molar-refractivity contribution < 1.29 is 0 Å². The van der Waals surface area contributed by atoms with Crippen LogP contribution in [-0.2, 0) is 6.54 Å². The van der Waals surface area contributed by atoms with Gasteiger partial charge in [0.2, 0.25) is 0 Å². The average Bonchev–Trinajstić information content (AvgIpc) is 2.97. The normalized spacial score (nSPS) is 18.9. The van der Waals surface area contributed by atoms with E-state index in [9.17, 15) is 0 Å². The van der Waals surface area contributed by atoms with Crippen molar-refractivity contribution in [1.29, 1.82) is 0 Å². The highest BCUT2D eigenvalue weighted by molar-refractivity contribution is 7.13. The lowest BCUT2D eigenvalue weighted by Crippen LogP contribution is -2.35. The van der Waals surface area contributed by atoms with Gasteiger partial charge in [0.25, 0.3) is 0 Å². The molecule has 0 bridgehead atoms. The van der Waals surface area contributed by atoms with Crippen LogP contribution >= 0.6 is 23.7 Å². The summed E-state index contributed by atoms with van der Waals surface area (Å²) in [7, 11) is 0. The van der Waals surface area contributed by atoms with Crippen molar-refractivity contribution in [3.05, 3.63) is 41.4 Å². The first-order chi connectivity index (χ1) is 10.3. The number of rotatable bonds is 5. The summed E-state index contributed by atoms with van der Waals surface area (Å²) in [6, 6.07) is 10.4. The topological polar surface area (TPSA) is 42.1 Å². The molecule has 2 heterocycles. The van der Waals surface area contributed by atoms with Crippen molar-refractivity contribution in [3.8, 4) is 10.6 Å². The van der Waals surface area contributed by atoms with Crippen LogP contribution in [0.1, 0.15) is 25.0 Å². The molecular weight excluding hydrogens is 314 g/mol. The Morgan fingerprint density at radius 3 is 2.86 bits per heavy atom. The first-order valence-corrected chi connectivity index (χ1v) is 8.65. The minimum atomic E-state index is 0. The fraction of sp³-hybridized carbons (Fsp3) is 0.471. The molecule has 1 aliphatic heterocycles. The van der Waals surface area contributed by atoms with Crippen molar-refractivity contribution in [1.82, 2.24) is 9.88 Å². The van der Waals surface area contributed by atoms with Crippen LogP contribution in [0.25, 0.3) is 10.6 Å². The van der Waals surface area contributed by atoms with Crippen LogP contribution in [-0.4, -0.2) is 29.5 Å². The van der Waals surface area contributed by atoms with Gasteiger partial charge in [-0.2, -0.15) is 0 Å². The molecule has 1 aromatic heterocycles. The van der Waals surface area contributed by atoms with Crippen molar-refractivity contribution in [2.24, 2.45) is 11.7 Å². The summed E-state index contributed by atoms with van der Waals surface area (Å²) in [5, 5.41) is 3.33. The smallest absolute Gasteiger partial charge is 0.123 e. The van der Waals surface area contributed by atoms with Gasteiger partial charge in [-0.15, -0.1) is 23.7 Å². The van der Waals surface area contributed by atoms with Crippen LogP contribution in [0.4, 0.5) is 0 Å². The van der Waals surface area contributed by atoms with E-state index in [2.05, 4.69) is 34.5 Å². The molecule has 1 unspecified atom stereocenters. The van der Waals surface area contributed by atoms with Crippen molar-refractivity contribution >= 4 is 23.7 Å². The molecular formula is C17H24ClN3S. The maximum atomic E-state index is 5.70. The SMILES string of the molecule is Cl.NCCC1CCCN(Cc2csc(-c3ccccc3)n2)C1. The lowest BCUT2D eigenvalue weighted by Gasteiger charge is -2.32. The number of hydrogen-bond donors (Lipinski definition) is 1. The van der Waals surface area contributed by atoms with Crippen molar-refractivity contribution in [3.63, 3.8) is 0 Å². The third-order valence-electron chi connectivity index (χ3n) is 4.14. The number of benzene rings is 1. The molecule has 0 aliphatic carbocycles. The number of nitrogens with two attached hydrogens (primary N) is 1. The van der Waals surface area contributed by atoms with Gasteiger partial charge in [-0.25, -0.2) is 4.98 Å². The predicted octanol–water partition coefficient (Wildman–Crippen LogP) is 3.79. The fourth-order valence-corrected chi connectivity index (χ4v) is 3.91. The van der Waals surface area contributed by atoms with E-state index in [-0.39, 0.29) is 12.4 Å². The van der Waals surface area contributed by atoms with E-state index in [1.54, 1.807) is 11.3 Å². The summed E-state index contributed by atoms with van der Waals surface area (Å²) in [6.07, 6.45) is 3.78. The highest BCUT2D eigenvalue weighted by atomic mass is 35.5. The summed E-state index contributed by atoms with van der Waals surface area (Å²) in [5.41, 5.74) is 8.11. The van der Waals surface area contributed by atoms with E-state index in [1.165, 1.54) is 37.2 Å². The largest absolute Gasteiger partial charge is 0.330 e. The van der Waals surface area contributed by atoms with Gasteiger partial charge in [-0.3, -0.25) is 4.90 Å². The van der Waals surface area contributed by atoms with Crippen LogP contribution in [0.2, 0.25) is 0 Å². The molecule has 1 saturated heterocycles. The third kappa shape index (κ3) is 4.53. The van der Waals surface area contributed by atoms with E-state index in [1.807, 2.05) is 6.07 Å². The molecule has 0 amide bonds. The number of piperidine rings is 1. The predicted molar refractivity (Wildman–Crippen MR) is 96.5 cm³/mol. The van der Waals surface area contributed by atoms with Crippen LogP contribution in [0, 0.1) is 5.92 Å². The summed E-state index contributed by atoms with van der Waals surface area (Å²) in [4.78, 5) is 7.33. The van der Waals surface area contributed by atoms with Gasteiger partial charge in [0.05, 0.1) is 5.69 Å². The number of aromatic nitrogens is 1. The monoisotopic (exact) mass is 337 g/mol. The third-order valence-corrected chi connectivity index (χ3v) is 5.08. The van der Waals surface area contributed by atoms with Crippen LogP contribution < -0.4 is 5.73 Å².